The van der Waals surface area contributed by atoms with Crippen LogP contribution in [-0.2, 0) is 18.8 Å². The SMILES string of the molecule is Cc1cc(Nc2ccc(C(F)(F)F)cc2)c2ccc(Cc3ncccc3C(F)(F)F)cc2n1. The third-order valence-electron chi connectivity index (χ3n) is 5.06. The monoisotopic (exact) mass is 461 g/mol. The van der Waals surface area contributed by atoms with Crippen molar-refractivity contribution in [2.24, 2.45) is 0 Å². The van der Waals surface area contributed by atoms with Crippen LogP contribution in [0.2, 0.25) is 0 Å². The smallest absolute Gasteiger partial charge is 0.355 e. The second kappa shape index (κ2) is 8.38. The van der Waals surface area contributed by atoms with Crippen LogP contribution >= 0.6 is 0 Å². The molecule has 2 heterocycles. The molecule has 0 amide bonds. The summed E-state index contributed by atoms with van der Waals surface area (Å²) in [6.45, 7) is 1.75. The summed E-state index contributed by atoms with van der Waals surface area (Å²) in [7, 11) is 0. The molecule has 0 unspecified atom stereocenters. The lowest BCUT2D eigenvalue weighted by atomic mass is 10.0. The van der Waals surface area contributed by atoms with E-state index in [1.165, 1.54) is 24.4 Å². The van der Waals surface area contributed by atoms with E-state index in [4.69, 9.17) is 0 Å². The maximum atomic E-state index is 13.3. The summed E-state index contributed by atoms with van der Waals surface area (Å²) in [5, 5.41) is 3.78. The second-order valence-electron chi connectivity index (χ2n) is 7.54. The molecule has 0 atom stereocenters. The summed E-state index contributed by atoms with van der Waals surface area (Å²) in [4.78, 5) is 8.37. The number of aromatic nitrogens is 2. The van der Waals surface area contributed by atoms with E-state index in [1.807, 2.05) is 0 Å². The Kier molecular flexibility index (Phi) is 5.73. The van der Waals surface area contributed by atoms with Crippen LogP contribution in [0.1, 0.15) is 28.1 Å². The highest BCUT2D eigenvalue weighted by Gasteiger charge is 2.33. The Morgan fingerprint density at radius 3 is 2.24 bits per heavy atom. The van der Waals surface area contributed by atoms with Gasteiger partial charge in [0, 0.05) is 35.1 Å². The number of nitrogens with one attached hydrogen (secondary N) is 1. The summed E-state index contributed by atoms with van der Waals surface area (Å²) >= 11 is 0. The molecule has 0 bridgehead atoms. The minimum Gasteiger partial charge on any atom is -0.355 e. The first-order valence-corrected chi connectivity index (χ1v) is 9.86. The van der Waals surface area contributed by atoms with Gasteiger partial charge in [0.1, 0.15) is 0 Å². The number of fused-ring (bicyclic) bond motifs is 1. The van der Waals surface area contributed by atoms with Crippen LogP contribution in [-0.4, -0.2) is 9.97 Å². The van der Waals surface area contributed by atoms with Crippen molar-refractivity contribution in [3.63, 3.8) is 0 Å². The van der Waals surface area contributed by atoms with Crippen LogP contribution in [0, 0.1) is 6.92 Å². The van der Waals surface area contributed by atoms with Crippen molar-refractivity contribution in [2.45, 2.75) is 25.7 Å². The van der Waals surface area contributed by atoms with E-state index < -0.39 is 23.5 Å². The average molecular weight is 461 g/mol. The van der Waals surface area contributed by atoms with Gasteiger partial charge in [0.05, 0.1) is 22.3 Å². The third-order valence-corrected chi connectivity index (χ3v) is 5.06. The lowest BCUT2D eigenvalue weighted by molar-refractivity contribution is -0.138. The molecular weight excluding hydrogens is 444 g/mol. The van der Waals surface area contributed by atoms with Crippen molar-refractivity contribution in [1.29, 1.82) is 0 Å². The van der Waals surface area contributed by atoms with E-state index >= 15 is 0 Å². The van der Waals surface area contributed by atoms with Crippen LogP contribution in [0.4, 0.5) is 37.7 Å². The summed E-state index contributed by atoms with van der Waals surface area (Å²) in [5.41, 5.74) is 1.26. The third kappa shape index (κ3) is 5.08. The predicted octanol–water partition coefficient (Wildman–Crippen LogP) is 7.31. The van der Waals surface area contributed by atoms with Crippen molar-refractivity contribution in [3.05, 3.63) is 94.9 Å². The van der Waals surface area contributed by atoms with Crippen LogP contribution < -0.4 is 5.32 Å². The first-order valence-electron chi connectivity index (χ1n) is 9.86. The Morgan fingerprint density at radius 2 is 1.58 bits per heavy atom. The maximum absolute atomic E-state index is 13.3. The molecule has 1 N–H and O–H groups in total. The molecule has 0 fully saturated rings. The van der Waals surface area contributed by atoms with Gasteiger partial charge in [-0.1, -0.05) is 12.1 Å². The molecule has 2 aromatic carbocycles. The lowest BCUT2D eigenvalue weighted by Crippen LogP contribution is -2.11. The minimum absolute atomic E-state index is 0.0249. The highest BCUT2D eigenvalue weighted by Crippen LogP contribution is 2.34. The maximum Gasteiger partial charge on any atom is 0.418 e. The highest BCUT2D eigenvalue weighted by molar-refractivity contribution is 5.93. The summed E-state index contributed by atoms with van der Waals surface area (Å²) in [6, 6.07) is 13.7. The lowest BCUT2D eigenvalue weighted by Gasteiger charge is -2.14. The van der Waals surface area contributed by atoms with Gasteiger partial charge in [-0.05, 0) is 61.0 Å². The number of alkyl halides is 6. The fourth-order valence-electron chi connectivity index (χ4n) is 3.55. The van der Waals surface area contributed by atoms with Gasteiger partial charge in [-0.3, -0.25) is 9.97 Å². The van der Waals surface area contributed by atoms with Gasteiger partial charge in [-0.15, -0.1) is 0 Å². The summed E-state index contributed by atoms with van der Waals surface area (Å²) in [5.74, 6) is 0. The normalized spacial score (nSPS) is 12.2. The average Bonchev–Trinajstić information content (AvgIpc) is 2.73. The topological polar surface area (TPSA) is 37.8 Å². The fourth-order valence-corrected chi connectivity index (χ4v) is 3.55. The molecule has 9 heteroatoms. The van der Waals surface area contributed by atoms with Gasteiger partial charge < -0.3 is 5.32 Å². The minimum atomic E-state index is -4.51. The molecule has 0 aliphatic carbocycles. The number of hydrogen-bond acceptors (Lipinski definition) is 3. The number of nitrogens with zero attached hydrogens (tertiary/aromatic N) is 2. The zero-order chi connectivity index (χ0) is 23.8. The van der Waals surface area contributed by atoms with E-state index in [0.717, 1.165) is 18.2 Å². The number of halogens is 6. The summed E-state index contributed by atoms with van der Waals surface area (Å²) in [6.07, 6.45) is -7.63. The van der Waals surface area contributed by atoms with Gasteiger partial charge in [0.2, 0.25) is 0 Å². The largest absolute Gasteiger partial charge is 0.418 e. The molecule has 170 valence electrons. The molecule has 33 heavy (non-hydrogen) atoms. The zero-order valence-corrected chi connectivity index (χ0v) is 17.2. The Bertz CT molecular complexity index is 1290. The Morgan fingerprint density at radius 1 is 0.848 bits per heavy atom. The quantitative estimate of drug-likeness (QED) is 0.324. The van der Waals surface area contributed by atoms with Crippen LogP contribution in [0.25, 0.3) is 10.9 Å². The van der Waals surface area contributed by atoms with E-state index in [0.29, 0.717) is 33.5 Å². The Labute approximate surface area is 185 Å². The summed E-state index contributed by atoms with van der Waals surface area (Å²) < 4.78 is 78.2. The van der Waals surface area contributed by atoms with E-state index in [2.05, 4.69) is 15.3 Å². The highest BCUT2D eigenvalue weighted by atomic mass is 19.4. The van der Waals surface area contributed by atoms with E-state index in [-0.39, 0.29) is 12.1 Å². The van der Waals surface area contributed by atoms with Crippen molar-refractivity contribution in [3.8, 4) is 0 Å². The van der Waals surface area contributed by atoms with Gasteiger partial charge in [0.25, 0.3) is 0 Å². The molecule has 4 aromatic rings. The molecule has 0 saturated carbocycles. The fraction of sp³-hybridized carbons (Fsp3) is 0.167. The molecule has 0 aliphatic rings. The standard InChI is InChI=1S/C24H17F6N3/c1-14-11-20(33-17-7-5-16(6-8-17)23(25,26)27)18-9-4-15(12-21(18)32-14)13-22-19(24(28,29)30)3-2-10-31-22/h2-12H,13H2,1H3,(H,32,33). The van der Waals surface area contributed by atoms with E-state index in [9.17, 15) is 26.3 Å². The molecule has 0 saturated heterocycles. The molecular formula is C24H17F6N3. The number of rotatable bonds is 4. The van der Waals surface area contributed by atoms with Crippen molar-refractivity contribution in [1.82, 2.24) is 9.97 Å². The number of hydrogen-bond donors (Lipinski definition) is 1. The molecule has 0 spiro atoms. The van der Waals surface area contributed by atoms with Gasteiger partial charge in [-0.2, -0.15) is 26.3 Å². The van der Waals surface area contributed by atoms with Crippen molar-refractivity contribution < 1.29 is 26.3 Å². The first kappa shape index (κ1) is 22.6. The van der Waals surface area contributed by atoms with Crippen LogP contribution in [0.15, 0.2) is 66.9 Å². The van der Waals surface area contributed by atoms with Gasteiger partial charge in [0.15, 0.2) is 0 Å². The Balaban J connectivity index is 1.66. The number of anilines is 2. The molecule has 0 radical (unpaired) electrons. The van der Waals surface area contributed by atoms with Crippen LogP contribution in [0.3, 0.4) is 0 Å². The Hall–Kier alpha value is -3.62. The first-order chi connectivity index (χ1) is 15.5. The van der Waals surface area contributed by atoms with Gasteiger partial charge >= 0.3 is 12.4 Å². The van der Waals surface area contributed by atoms with Gasteiger partial charge in [-0.25, -0.2) is 0 Å². The number of pyridine rings is 2. The zero-order valence-electron chi connectivity index (χ0n) is 17.2. The van der Waals surface area contributed by atoms with Crippen LogP contribution in [0.5, 0.6) is 0 Å². The van der Waals surface area contributed by atoms with Crippen molar-refractivity contribution >= 4 is 22.3 Å². The molecule has 2 aromatic heterocycles. The molecule has 4 rings (SSSR count). The predicted molar refractivity (Wildman–Crippen MR) is 113 cm³/mol. The second-order valence-corrected chi connectivity index (χ2v) is 7.54. The number of aryl methyl sites for hydroxylation is 1. The van der Waals surface area contributed by atoms with Crippen molar-refractivity contribution in [2.75, 3.05) is 5.32 Å². The number of benzene rings is 2. The molecule has 0 aliphatic heterocycles. The molecule has 3 nitrogen and oxygen atoms in total. The van der Waals surface area contributed by atoms with E-state index in [1.54, 1.807) is 31.2 Å².